The Labute approximate surface area is 172 Å². The molecule has 1 saturated heterocycles. The number of fused-ring (bicyclic) bond motifs is 1. The van der Waals surface area contributed by atoms with E-state index < -0.39 is 42.9 Å². The van der Waals surface area contributed by atoms with Gasteiger partial charge in [-0.3, -0.25) is 0 Å². The number of rotatable bonds is 4. The van der Waals surface area contributed by atoms with Gasteiger partial charge in [-0.15, -0.1) is 0 Å². The first-order valence-electron chi connectivity index (χ1n) is 9.68. The number of nitrogens with zero attached hydrogens (tertiary/aromatic N) is 1. The van der Waals surface area contributed by atoms with Crippen molar-refractivity contribution in [2.75, 3.05) is 6.61 Å². The molecule has 7 nitrogen and oxygen atoms in total. The van der Waals surface area contributed by atoms with E-state index in [2.05, 4.69) is 0 Å². The van der Waals surface area contributed by atoms with Crippen LogP contribution in [0.4, 0.5) is 4.39 Å². The highest BCUT2D eigenvalue weighted by atomic mass is 19.1. The Hall–Kier alpha value is -2.49. The first-order chi connectivity index (χ1) is 14.3. The lowest BCUT2D eigenvalue weighted by molar-refractivity contribution is -0.231. The van der Waals surface area contributed by atoms with Crippen molar-refractivity contribution in [3.05, 3.63) is 65.1 Å². The lowest BCUT2D eigenvalue weighted by atomic mass is 9.90. The molecule has 2 aromatic carbocycles. The molecular formula is C22H24FNO6. The van der Waals surface area contributed by atoms with E-state index in [0.717, 1.165) is 11.1 Å². The highest BCUT2D eigenvalue weighted by molar-refractivity contribution is 5.88. The van der Waals surface area contributed by atoms with Crippen LogP contribution in [0, 0.1) is 12.7 Å². The average molecular weight is 417 g/mol. The fourth-order valence-electron chi connectivity index (χ4n) is 4.11. The van der Waals surface area contributed by atoms with Crippen molar-refractivity contribution in [2.45, 2.75) is 44.0 Å². The molecule has 4 rings (SSSR count). The summed E-state index contributed by atoms with van der Waals surface area (Å²) in [6.07, 6.45) is -4.92. The Morgan fingerprint density at radius 2 is 1.70 bits per heavy atom. The molecule has 1 aliphatic rings. The normalized spacial score (nSPS) is 26.9. The minimum absolute atomic E-state index is 0.125. The number of aryl methyl sites for hydroxylation is 1. The van der Waals surface area contributed by atoms with E-state index >= 15 is 0 Å². The highest BCUT2D eigenvalue weighted by Crippen LogP contribution is 2.39. The van der Waals surface area contributed by atoms with Crippen LogP contribution in [0.15, 0.2) is 42.6 Å². The van der Waals surface area contributed by atoms with Crippen LogP contribution in [0.1, 0.15) is 22.8 Å². The number of phenolic OH excluding ortho intramolecular Hbond substituents is 1. The molecular weight excluding hydrogens is 393 g/mol. The lowest BCUT2D eigenvalue weighted by Crippen LogP contribution is -2.55. The van der Waals surface area contributed by atoms with Gasteiger partial charge >= 0.3 is 0 Å². The van der Waals surface area contributed by atoms with Gasteiger partial charge in [0.15, 0.2) is 0 Å². The molecule has 1 aromatic heterocycles. The number of ether oxygens (including phenoxy) is 1. The molecule has 0 saturated carbocycles. The number of aliphatic hydroxyl groups is 4. The van der Waals surface area contributed by atoms with E-state index in [1.165, 1.54) is 6.07 Å². The van der Waals surface area contributed by atoms with Crippen LogP contribution in [0.2, 0.25) is 0 Å². The van der Waals surface area contributed by atoms with E-state index in [4.69, 9.17) is 4.74 Å². The van der Waals surface area contributed by atoms with Gasteiger partial charge in [0, 0.05) is 23.7 Å². The van der Waals surface area contributed by atoms with E-state index in [-0.39, 0.29) is 5.75 Å². The third-order valence-corrected chi connectivity index (χ3v) is 5.70. The fourth-order valence-corrected chi connectivity index (χ4v) is 4.11. The second-order valence-electron chi connectivity index (χ2n) is 7.72. The highest BCUT2D eigenvalue weighted by Gasteiger charge is 2.45. The van der Waals surface area contributed by atoms with Gasteiger partial charge in [-0.2, -0.15) is 0 Å². The van der Waals surface area contributed by atoms with Gasteiger partial charge in [-0.05, 0) is 36.2 Å². The summed E-state index contributed by atoms with van der Waals surface area (Å²) in [5.41, 5.74) is 2.35. The largest absolute Gasteiger partial charge is 0.508 e. The van der Waals surface area contributed by atoms with Crippen molar-refractivity contribution >= 4 is 10.9 Å². The predicted molar refractivity (Wildman–Crippen MR) is 107 cm³/mol. The number of benzene rings is 2. The van der Waals surface area contributed by atoms with Crippen molar-refractivity contribution in [3.8, 4) is 5.75 Å². The lowest BCUT2D eigenvalue weighted by Gasteiger charge is -2.40. The van der Waals surface area contributed by atoms with Gasteiger partial charge in [-0.1, -0.05) is 18.2 Å². The number of hydrogen-bond donors (Lipinski definition) is 5. The number of aromatic nitrogens is 1. The van der Waals surface area contributed by atoms with Gasteiger partial charge in [0.25, 0.3) is 0 Å². The molecule has 0 aliphatic carbocycles. The Morgan fingerprint density at radius 3 is 2.37 bits per heavy atom. The second-order valence-corrected chi connectivity index (χ2v) is 7.72. The summed E-state index contributed by atoms with van der Waals surface area (Å²) in [5.74, 6) is -0.328. The molecule has 3 aromatic rings. The number of aromatic hydroxyl groups is 1. The monoisotopic (exact) mass is 417 g/mol. The SMILES string of the molecule is Cc1ccc(F)c2c1c([C@@H]1O[C@H](CO)[C@@H](O)[C@H](O)[C@H]1O)cn2Cc1ccc(O)cc1. The van der Waals surface area contributed by atoms with Crippen LogP contribution < -0.4 is 0 Å². The van der Waals surface area contributed by atoms with Crippen LogP contribution in [0.3, 0.4) is 0 Å². The molecule has 30 heavy (non-hydrogen) atoms. The maximum Gasteiger partial charge on any atom is 0.147 e. The molecule has 0 unspecified atom stereocenters. The molecule has 2 heterocycles. The van der Waals surface area contributed by atoms with Crippen LogP contribution >= 0.6 is 0 Å². The molecule has 0 radical (unpaired) electrons. The van der Waals surface area contributed by atoms with Crippen LogP contribution in [0.5, 0.6) is 5.75 Å². The summed E-state index contributed by atoms with van der Waals surface area (Å²) in [6.45, 7) is 1.57. The van der Waals surface area contributed by atoms with Gasteiger partial charge in [0.1, 0.15) is 42.1 Å². The van der Waals surface area contributed by atoms with Crippen molar-refractivity contribution in [2.24, 2.45) is 0 Å². The van der Waals surface area contributed by atoms with Crippen molar-refractivity contribution in [1.29, 1.82) is 0 Å². The molecule has 0 amide bonds. The first-order valence-corrected chi connectivity index (χ1v) is 9.68. The van der Waals surface area contributed by atoms with Crippen LogP contribution in [0.25, 0.3) is 10.9 Å². The summed E-state index contributed by atoms with van der Waals surface area (Å²) in [5, 5.41) is 50.4. The van der Waals surface area contributed by atoms with Crippen molar-refractivity contribution < 1.29 is 34.7 Å². The topological polar surface area (TPSA) is 115 Å². The van der Waals surface area contributed by atoms with E-state index in [1.807, 2.05) is 0 Å². The molecule has 160 valence electrons. The molecule has 5 atom stereocenters. The zero-order chi connectivity index (χ0) is 21.6. The third kappa shape index (κ3) is 3.46. The van der Waals surface area contributed by atoms with Crippen LogP contribution in [-0.2, 0) is 11.3 Å². The van der Waals surface area contributed by atoms with Gasteiger partial charge in [-0.25, -0.2) is 4.39 Å². The predicted octanol–water partition coefficient (Wildman–Crippen LogP) is 1.36. The number of aliphatic hydroxyl groups excluding tert-OH is 4. The molecule has 0 bridgehead atoms. The maximum absolute atomic E-state index is 14.9. The quantitative estimate of drug-likeness (QED) is 0.438. The number of hydrogen-bond acceptors (Lipinski definition) is 6. The van der Waals surface area contributed by atoms with E-state index in [1.54, 1.807) is 48.0 Å². The second kappa shape index (κ2) is 7.98. The third-order valence-electron chi connectivity index (χ3n) is 5.70. The average Bonchev–Trinajstić information content (AvgIpc) is 3.11. The summed E-state index contributed by atoms with van der Waals surface area (Å²) < 4.78 is 22.3. The van der Waals surface area contributed by atoms with E-state index in [0.29, 0.717) is 23.0 Å². The van der Waals surface area contributed by atoms with Crippen LogP contribution in [-0.4, -0.2) is 61.1 Å². The number of halogens is 1. The number of phenols is 1. The summed E-state index contributed by atoms with van der Waals surface area (Å²) in [6, 6.07) is 9.52. The smallest absolute Gasteiger partial charge is 0.147 e. The zero-order valence-corrected chi connectivity index (χ0v) is 16.3. The molecule has 1 aliphatic heterocycles. The minimum atomic E-state index is -1.52. The summed E-state index contributed by atoms with van der Waals surface area (Å²) >= 11 is 0. The Balaban J connectivity index is 1.84. The summed E-state index contributed by atoms with van der Waals surface area (Å²) in [7, 11) is 0. The fraction of sp³-hybridized carbons (Fsp3) is 0.364. The summed E-state index contributed by atoms with van der Waals surface area (Å²) in [4.78, 5) is 0. The van der Waals surface area contributed by atoms with Gasteiger partial charge in [0.2, 0.25) is 0 Å². The standard InChI is InChI=1S/C22H24FNO6/c1-11-2-7-15(23)18-17(11)14(9-24(18)8-12-3-5-13(26)6-4-12)22-21(29)20(28)19(27)16(10-25)30-22/h2-7,9,16,19-22,25-29H,8,10H2,1H3/t16-,19-,20+,21-,22+/m1/s1. The first kappa shape index (κ1) is 20.8. The van der Waals surface area contributed by atoms with Crippen molar-refractivity contribution in [3.63, 3.8) is 0 Å². The van der Waals surface area contributed by atoms with Gasteiger partial charge in [0.05, 0.1) is 12.1 Å². The zero-order valence-electron chi connectivity index (χ0n) is 16.3. The maximum atomic E-state index is 14.9. The minimum Gasteiger partial charge on any atom is -0.508 e. The van der Waals surface area contributed by atoms with Crippen molar-refractivity contribution in [1.82, 2.24) is 4.57 Å². The Morgan fingerprint density at radius 1 is 1.00 bits per heavy atom. The molecule has 5 N–H and O–H groups in total. The molecule has 8 heteroatoms. The van der Waals surface area contributed by atoms with Gasteiger partial charge < -0.3 is 34.8 Å². The Bertz CT molecular complexity index is 1050. The molecule has 1 fully saturated rings. The van der Waals surface area contributed by atoms with E-state index in [9.17, 15) is 29.9 Å². The Kier molecular flexibility index (Phi) is 5.52. The molecule has 0 spiro atoms.